The Hall–Kier alpha value is -0.980. The van der Waals surface area contributed by atoms with Crippen LogP contribution in [0.4, 0.5) is 0 Å². The summed E-state index contributed by atoms with van der Waals surface area (Å²) in [5.74, 6) is 2.45. The monoisotopic (exact) mass is 216 g/mol. The Morgan fingerprint density at radius 2 is 1.75 bits per heavy atom. The van der Waals surface area contributed by atoms with Crippen LogP contribution >= 0.6 is 0 Å². The van der Waals surface area contributed by atoms with Crippen molar-refractivity contribution in [2.75, 3.05) is 0 Å². The summed E-state index contributed by atoms with van der Waals surface area (Å²) in [4.78, 5) is 0. The van der Waals surface area contributed by atoms with E-state index in [-0.39, 0.29) is 0 Å². The van der Waals surface area contributed by atoms with Gasteiger partial charge in [0.1, 0.15) is 11.5 Å². The molecule has 1 aromatic heterocycles. The van der Waals surface area contributed by atoms with E-state index in [1.54, 1.807) is 0 Å². The van der Waals surface area contributed by atoms with Gasteiger partial charge in [-0.1, -0.05) is 12.5 Å². The molecule has 3 rings (SSSR count). The van der Waals surface area contributed by atoms with Crippen molar-refractivity contribution >= 4 is 5.57 Å². The second-order valence-electron chi connectivity index (χ2n) is 5.09. The minimum Gasteiger partial charge on any atom is -0.461 e. The van der Waals surface area contributed by atoms with E-state index in [4.69, 9.17) is 4.42 Å². The van der Waals surface area contributed by atoms with E-state index in [9.17, 15) is 0 Å². The fourth-order valence-electron chi connectivity index (χ4n) is 2.89. The van der Waals surface area contributed by atoms with Gasteiger partial charge in [-0.15, -0.1) is 0 Å². The van der Waals surface area contributed by atoms with Gasteiger partial charge in [0.2, 0.25) is 0 Å². The predicted molar refractivity (Wildman–Crippen MR) is 66.4 cm³/mol. The Labute approximate surface area is 97.5 Å². The molecule has 2 aliphatic rings. The summed E-state index contributed by atoms with van der Waals surface area (Å²) in [5.41, 5.74) is 2.94. The molecule has 86 valence electrons. The van der Waals surface area contributed by atoms with Crippen molar-refractivity contribution in [3.8, 4) is 0 Å². The lowest BCUT2D eigenvalue weighted by atomic mass is 9.97. The Kier molecular flexibility index (Phi) is 2.86. The molecule has 0 spiro atoms. The normalized spacial score (nSPS) is 21.1. The number of furan rings is 1. The van der Waals surface area contributed by atoms with Gasteiger partial charge in [0.05, 0.1) is 0 Å². The molecule has 0 saturated carbocycles. The highest BCUT2D eigenvalue weighted by Gasteiger charge is 2.16. The van der Waals surface area contributed by atoms with Gasteiger partial charge in [-0.25, -0.2) is 0 Å². The van der Waals surface area contributed by atoms with Gasteiger partial charge in [0.15, 0.2) is 0 Å². The van der Waals surface area contributed by atoms with Crippen molar-refractivity contribution in [3.63, 3.8) is 0 Å². The number of hydrogen-bond acceptors (Lipinski definition) is 1. The molecule has 0 aromatic carbocycles. The summed E-state index contributed by atoms with van der Waals surface area (Å²) in [7, 11) is 0. The van der Waals surface area contributed by atoms with E-state index in [0.29, 0.717) is 0 Å². The first kappa shape index (κ1) is 10.2. The minimum absolute atomic E-state index is 1.16. The van der Waals surface area contributed by atoms with Crippen molar-refractivity contribution in [1.29, 1.82) is 0 Å². The summed E-state index contributed by atoms with van der Waals surface area (Å²) in [6.45, 7) is 0. The highest BCUT2D eigenvalue weighted by Crippen LogP contribution is 2.32. The van der Waals surface area contributed by atoms with Crippen LogP contribution in [0.15, 0.2) is 16.6 Å². The van der Waals surface area contributed by atoms with Gasteiger partial charge in [0.25, 0.3) is 0 Å². The van der Waals surface area contributed by atoms with Gasteiger partial charge >= 0.3 is 0 Å². The fraction of sp³-hybridized carbons (Fsp3) is 0.600. The van der Waals surface area contributed by atoms with E-state index >= 15 is 0 Å². The van der Waals surface area contributed by atoms with E-state index in [1.807, 2.05) is 0 Å². The average Bonchev–Trinajstić information content (AvgIpc) is 2.62. The van der Waals surface area contributed by atoms with Crippen LogP contribution < -0.4 is 0 Å². The van der Waals surface area contributed by atoms with Crippen LogP contribution in [0.3, 0.4) is 0 Å². The first-order valence-corrected chi connectivity index (χ1v) is 6.74. The molecule has 2 aliphatic carbocycles. The molecule has 0 amide bonds. The number of aryl methyl sites for hydroxylation is 2. The van der Waals surface area contributed by atoms with Crippen LogP contribution in [-0.4, -0.2) is 0 Å². The maximum Gasteiger partial charge on any atom is 0.130 e. The second kappa shape index (κ2) is 4.48. The Balaban J connectivity index is 1.88. The molecule has 0 aliphatic heterocycles. The summed E-state index contributed by atoms with van der Waals surface area (Å²) in [6, 6.07) is 2.32. The summed E-state index contributed by atoms with van der Waals surface area (Å²) in [5, 5.41) is 0. The van der Waals surface area contributed by atoms with Crippen molar-refractivity contribution in [1.82, 2.24) is 0 Å². The Bertz CT molecular complexity index is 374. The molecule has 0 N–H and O–H groups in total. The zero-order valence-electron chi connectivity index (χ0n) is 9.93. The zero-order valence-corrected chi connectivity index (χ0v) is 9.93. The molecule has 1 heterocycles. The van der Waals surface area contributed by atoms with Crippen molar-refractivity contribution < 1.29 is 4.42 Å². The first-order chi connectivity index (χ1) is 7.93. The van der Waals surface area contributed by atoms with Crippen molar-refractivity contribution in [3.05, 3.63) is 29.2 Å². The fourth-order valence-corrected chi connectivity index (χ4v) is 2.89. The molecule has 0 bridgehead atoms. The molecule has 0 unspecified atom stereocenters. The molecule has 16 heavy (non-hydrogen) atoms. The highest BCUT2D eigenvalue weighted by atomic mass is 16.3. The highest BCUT2D eigenvalue weighted by molar-refractivity contribution is 5.63. The SMILES string of the molecule is C1=C(c2cc3c(o2)CCCCC3)CCCC1. The zero-order chi connectivity index (χ0) is 10.8. The van der Waals surface area contributed by atoms with Crippen LogP contribution in [-0.2, 0) is 12.8 Å². The third kappa shape index (κ3) is 1.95. The maximum atomic E-state index is 6.06. The summed E-state index contributed by atoms with van der Waals surface area (Å²) < 4.78 is 6.06. The molecular weight excluding hydrogens is 196 g/mol. The van der Waals surface area contributed by atoms with Crippen LogP contribution in [0.2, 0.25) is 0 Å². The largest absolute Gasteiger partial charge is 0.461 e. The number of hydrogen-bond donors (Lipinski definition) is 0. The van der Waals surface area contributed by atoms with Gasteiger partial charge in [0, 0.05) is 6.42 Å². The van der Waals surface area contributed by atoms with Crippen LogP contribution in [0.5, 0.6) is 0 Å². The van der Waals surface area contributed by atoms with Crippen molar-refractivity contribution in [2.45, 2.75) is 57.8 Å². The van der Waals surface area contributed by atoms with Gasteiger partial charge in [-0.05, 0) is 62.1 Å². The molecule has 0 fully saturated rings. The smallest absolute Gasteiger partial charge is 0.130 e. The third-order valence-electron chi connectivity index (χ3n) is 3.85. The Morgan fingerprint density at radius 1 is 0.875 bits per heavy atom. The molecule has 1 heteroatoms. The summed E-state index contributed by atoms with van der Waals surface area (Å²) >= 11 is 0. The molecule has 0 atom stereocenters. The van der Waals surface area contributed by atoms with E-state index < -0.39 is 0 Å². The molecular formula is C15H20O. The number of allylic oxidation sites excluding steroid dienone is 2. The summed E-state index contributed by atoms with van der Waals surface area (Å²) in [6.07, 6.45) is 13.9. The Morgan fingerprint density at radius 3 is 2.62 bits per heavy atom. The van der Waals surface area contributed by atoms with E-state index in [1.165, 1.54) is 74.0 Å². The van der Waals surface area contributed by atoms with Crippen molar-refractivity contribution in [2.24, 2.45) is 0 Å². The van der Waals surface area contributed by atoms with E-state index in [2.05, 4.69) is 12.1 Å². The van der Waals surface area contributed by atoms with Gasteiger partial charge in [-0.3, -0.25) is 0 Å². The maximum absolute atomic E-state index is 6.06. The number of fused-ring (bicyclic) bond motifs is 1. The van der Waals surface area contributed by atoms with Gasteiger partial charge in [-0.2, -0.15) is 0 Å². The topological polar surface area (TPSA) is 13.1 Å². The molecule has 1 aromatic rings. The molecule has 0 saturated heterocycles. The predicted octanol–water partition coefficient (Wildman–Crippen LogP) is 4.51. The minimum atomic E-state index is 1.16. The molecule has 1 nitrogen and oxygen atoms in total. The first-order valence-electron chi connectivity index (χ1n) is 6.74. The van der Waals surface area contributed by atoms with Crippen LogP contribution in [0, 0.1) is 0 Å². The van der Waals surface area contributed by atoms with Crippen LogP contribution in [0.25, 0.3) is 5.57 Å². The molecule has 0 radical (unpaired) electrons. The standard InChI is InChI=1S/C15H20O/c1-3-7-12(8-4-1)15-11-13-9-5-2-6-10-14(13)16-15/h7,11H,1-6,8-10H2. The average molecular weight is 216 g/mol. The third-order valence-corrected chi connectivity index (χ3v) is 3.85. The lowest BCUT2D eigenvalue weighted by Gasteiger charge is -2.09. The quantitative estimate of drug-likeness (QED) is 0.630. The van der Waals surface area contributed by atoms with Gasteiger partial charge < -0.3 is 4.42 Å². The lowest BCUT2D eigenvalue weighted by Crippen LogP contribution is -1.90. The number of rotatable bonds is 1. The van der Waals surface area contributed by atoms with Crippen LogP contribution in [0.1, 0.15) is 62.0 Å². The second-order valence-corrected chi connectivity index (χ2v) is 5.09. The van der Waals surface area contributed by atoms with E-state index in [0.717, 1.165) is 6.42 Å². The lowest BCUT2D eigenvalue weighted by molar-refractivity contribution is 0.487.